The minimum atomic E-state index is -2.53. The van der Waals surface area contributed by atoms with Crippen LogP contribution in [0.15, 0.2) is 53.4 Å². The van der Waals surface area contributed by atoms with E-state index < -0.39 is 35.3 Å². The molecule has 1 aromatic rings. The number of allylic oxidation sites excluding steroid dienone is 2. The van der Waals surface area contributed by atoms with Gasteiger partial charge >= 0.3 is 18.0 Å². The molecule has 25 heavy (non-hydrogen) atoms. The lowest BCUT2D eigenvalue weighted by Crippen LogP contribution is -2.22. The predicted molar refractivity (Wildman–Crippen MR) is 85.5 cm³/mol. The largest absolute Gasteiger partial charge is 0.462 e. The highest BCUT2D eigenvalue weighted by atomic mass is 19.3. The summed E-state index contributed by atoms with van der Waals surface area (Å²) in [4.78, 5) is 24.2. The van der Waals surface area contributed by atoms with Crippen molar-refractivity contribution in [3.8, 4) is 0 Å². The van der Waals surface area contributed by atoms with Gasteiger partial charge in [-0.15, -0.1) is 0 Å². The maximum absolute atomic E-state index is 14.2. The molecule has 0 radical (unpaired) electrons. The summed E-state index contributed by atoms with van der Waals surface area (Å²) in [6, 6.07) is 7.54. The molecule has 1 atom stereocenters. The summed E-state index contributed by atoms with van der Waals surface area (Å²) in [6.07, 6.45) is -2.53. The summed E-state index contributed by atoms with van der Waals surface area (Å²) < 4.78 is 49.6. The Hall–Kier alpha value is -2.57. The van der Waals surface area contributed by atoms with Gasteiger partial charge in [0.2, 0.25) is 0 Å². The Morgan fingerprint density at radius 2 is 1.44 bits per heavy atom. The smallest absolute Gasteiger partial charge is 0.345 e. The van der Waals surface area contributed by atoms with E-state index in [9.17, 15) is 22.8 Å². The standard InChI is InChI=1S/C18H19F3O4/c1-4-24-17(22)14(18(23)25-5-2)11(3)13(15(19)16(20)21)12-9-7-6-8-10-12/h6-10,13H,4-5H2,1-3H3. The normalized spacial score (nSPS) is 11.3. The highest BCUT2D eigenvalue weighted by Gasteiger charge is 2.32. The molecule has 1 unspecified atom stereocenters. The van der Waals surface area contributed by atoms with E-state index in [2.05, 4.69) is 0 Å². The fourth-order valence-electron chi connectivity index (χ4n) is 2.30. The molecule has 7 heteroatoms. The molecular weight excluding hydrogens is 337 g/mol. The summed E-state index contributed by atoms with van der Waals surface area (Å²) >= 11 is 0. The lowest BCUT2D eigenvalue weighted by Gasteiger charge is -2.19. The minimum Gasteiger partial charge on any atom is -0.462 e. The van der Waals surface area contributed by atoms with Crippen molar-refractivity contribution in [1.82, 2.24) is 0 Å². The van der Waals surface area contributed by atoms with Crippen LogP contribution in [0.25, 0.3) is 0 Å². The Kier molecular flexibility index (Phi) is 7.91. The lowest BCUT2D eigenvalue weighted by atomic mass is 9.87. The summed E-state index contributed by atoms with van der Waals surface area (Å²) in [6.45, 7) is 4.18. The van der Waals surface area contributed by atoms with Crippen LogP contribution in [0.3, 0.4) is 0 Å². The maximum atomic E-state index is 14.2. The number of hydrogen-bond donors (Lipinski definition) is 0. The van der Waals surface area contributed by atoms with Crippen molar-refractivity contribution in [3.63, 3.8) is 0 Å². The van der Waals surface area contributed by atoms with Gasteiger partial charge in [0, 0.05) is 0 Å². The zero-order valence-electron chi connectivity index (χ0n) is 14.1. The van der Waals surface area contributed by atoms with Crippen LogP contribution in [-0.4, -0.2) is 25.2 Å². The van der Waals surface area contributed by atoms with E-state index in [1.54, 1.807) is 6.07 Å². The van der Waals surface area contributed by atoms with E-state index in [1.165, 1.54) is 45.0 Å². The second-order valence-corrected chi connectivity index (χ2v) is 4.95. The van der Waals surface area contributed by atoms with Crippen molar-refractivity contribution in [2.75, 3.05) is 13.2 Å². The van der Waals surface area contributed by atoms with E-state index in [4.69, 9.17) is 9.47 Å². The number of halogens is 3. The highest BCUT2D eigenvalue weighted by Crippen LogP contribution is 2.37. The van der Waals surface area contributed by atoms with Gasteiger partial charge in [-0.05, 0) is 31.9 Å². The Morgan fingerprint density at radius 3 is 1.84 bits per heavy atom. The second kappa shape index (κ2) is 9.66. The van der Waals surface area contributed by atoms with Crippen LogP contribution in [0, 0.1) is 0 Å². The van der Waals surface area contributed by atoms with Crippen LogP contribution in [0.1, 0.15) is 32.3 Å². The van der Waals surface area contributed by atoms with Gasteiger partial charge in [-0.2, -0.15) is 8.78 Å². The summed E-state index contributed by atoms with van der Waals surface area (Å²) in [5.74, 6) is -5.44. The second-order valence-electron chi connectivity index (χ2n) is 4.95. The molecule has 0 N–H and O–H groups in total. The molecule has 0 heterocycles. The molecule has 0 saturated carbocycles. The van der Waals surface area contributed by atoms with Gasteiger partial charge in [-0.25, -0.2) is 14.0 Å². The average molecular weight is 356 g/mol. The van der Waals surface area contributed by atoms with Crippen molar-refractivity contribution in [2.24, 2.45) is 0 Å². The lowest BCUT2D eigenvalue weighted by molar-refractivity contribution is -0.146. The van der Waals surface area contributed by atoms with Crippen LogP contribution in [-0.2, 0) is 19.1 Å². The Labute approximate surface area is 143 Å². The summed E-state index contributed by atoms with van der Waals surface area (Å²) in [5.41, 5.74) is -0.640. The minimum absolute atomic E-state index is 0.0409. The zero-order valence-corrected chi connectivity index (χ0v) is 14.1. The molecule has 0 saturated heterocycles. The van der Waals surface area contributed by atoms with Crippen molar-refractivity contribution in [2.45, 2.75) is 26.7 Å². The molecule has 0 bridgehead atoms. The predicted octanol–water partition coefficient (Wildman–Crippen LogP) is 4.29. The monoisotopic (exact) mass is 356 g/mol. The molecule has 136 valence electrons. The third-order valence-electron chi connectivity index (χ3n) is 3.35. The molecular formula is C18H19F3O4. The van der Waals surface area contributed by atoms with Crippen molar-refractivity contribution in [1.29, 1.82) is 0 Å². The van der Waals surface area contributed by atoms with Crippen molar-refractivity contribution >= 4 is 11.9 Å². The van der Waals surface area contributed by atoms with E-state index in [1.807, 2.05) is 0 Å². The molecule has 0 spiro atoms. The maximum Gasteiger partial charge on any atom is 0.345 e. The van der Waals surface area contributed by atoms with Crippen LogP contribution in [0.2, 0.25) is 0 Å². The number of carbonyl (C=O) groups excluding carboxylic acids is 2. The Bertz CT molecular complexity index is 657. The summed E-state index contributed by atoms with van der Waals surface area (Å²) in [7, 11) is 0. The molecule has 1 aromatic carbocycles. The van der Waals surface area contributed by atoms with Crippen LogP contribution < -0.4 is 0 Å². The number of carbonyl (C=O) groups is 2. The number of esters is 2. The number of hydrogen-bond acceptors (Lipinski definition) is 4. The summed E-state index contributed by atoms with van der Waals surface area (Å²) in [5, 5.41) is 0. The first-order chi connectivity index (χ1) is 11.8. The first kappa shape index (κ1) is 20.5. The van der Waals surface area contributed by atoms with Gasteiger partial charge in [-0.1, -0.05) is 30.3 Å². The van der Waals surface area contributed by atoms with Gasteiger partial charge in [-0.3, -0.25) is 0 Å². The first-order valence-corrected chi connectivity index (χ1v) is 7.65. The topological polar surface area (TPSA) is 52.6 Å². The number of benzene rings is 1. The number of rotatable bonds is 7. The molecule has 0 fully saturated rings. The fraction of sp³-hybridized carbons (Fsp3) is 0.333. The van der Waals surface area contributed by atoms with Crippen LogP contribution >= 0.6 is 0 Å². The van der Waals surface area contributed by atoms with Gasteiger partial charge < -0.3 is 9.47 Å². The molecule has 0 aliphatic rings. The highest BCUT2D eigenvalue weighted by molar-refractivity contribution is 6.15. The third-order valence-corrected chi connectivity index (χ3v) is 3.35. The van der Waals surface area contributed by atoms with Gasteiger partial charge in [0.25, 0.3) is 0 Å². The number of ether oxygens (including phenoxy) is 2. The third kappa shape index (κ3) is 5.20. The quantitative estimate of drug-likeness (QED) is 0.316. The zero-order chi connectivity index (χ0) is 19.0. The van der Waals surface area contributed by atoms with E-state index in [0.29, 0.717) is 0 Å². The van der Waals surface area contributed by atoms with Crippen LogP contribution in [0.5, 0.6) is 0 Å². The molecule has 4 nitrogen and oxygen atoms in total. The van der Waals surface area contributed by atoms with Gasteiger partial charge in [0.05, 0.1) is 19.1 Å². The molecule has 0 aromatic heterocycles. The molecule has 0 amide bonds. The first-order valence-electron chi connectivity index (χ1n) is 7.65. The van der Waals surface area contributed by atoms with Gasteiger partial charge in [0.15, 0.2) is 5.83 Å². The van der Waals surface area contributed by atoms with Crippen molar-refractivity contribution in [3.05, 3.63) is 58.9 Å². The van der Waals surface area contributed by atoms with Gasteiger partial charge in [0.1, 0.15) is 5.57 Å². The SMILES string of the molecule is CCOC(=O)C(C(=O)OCC)=C(C)C(C(F)=C(F)F)c1ccccc1. The molecule has 0 aliphatic heterocycles. The van der Waals surface area contributed by atoms with Crippen LogP contribution in [0.4, 0.5) is 13.2 Å². The van der Waals surface area contributed by atoms with E-state index in [0.717, 1.165) is 0 Å². The average Bonchev–Trinajstić information content (AvgIpc) is 2.56. The van der Waals surface area contributed by atoms with Crippen molar-refractivity contribution < 1.29 is 32.2 Å². The fourth-order valence-corrected chi connectivity index (χ4v) is 2.30. The Balaban J connectivity index is 3.60. The van der Waals surface area contributed by atoms with E-state index >= 15 is 0 Å². The molecule has 0 aliphatic carbocycles. The van der Waals surface area contributed by atoms with E-state index in [-0.39, 0.29) is 24.4 Å². The Morgan fingerprint density at radius 1 is 0.960 bits per heavy atom. The molecule has 1 rings (SSSR count).